The van der Waals surface area contributed by atoms with Crippen LogP contribution in [0.4, 0.5) is 5.69 Å². The van der Waals surface area contributed by atoms with Crippen molar-refractivity contribution >= 4 is 11.6 Å². The van der Waals surface area contributed by atoms with Gasteiger partial charge < -0.3 is 24.3 Å². The fraction of sp³-hybridized carbons (Fsp3) is 0.300. The molecule has 1 aliphatic rings. The number of unbranched alkanes of at least 4 members (excludes halogenated alkanes) is 1. The lowest BCUT2D eigenvalue weighted by atomic mass is 10.1. The van der Waals surface area contributed by atoms with Gasteiger partial charge in [0.15, 0.2) is 17.3 Å². The first kappa shape index (κ1) is 26.2. The van der Waals surface area contributed by atoms with E-state index in [2.05, 4.69) is 22.3 Å². The smallest absolute Gasteiger partial charge is 0.336 e. The number of nitrogens with zero attached hydrogens (tertiary/aromatic N) is 3. The van der Waals surface area contributed by atoms with E-state index in [0.717, 1.165) is 30.5 Å². The second-order valence-corrected chi connectivity index (χ2v) is 9.04. The van der Waals surface area contributed by atoms with E-state index in [9.17, 15) is 4.79 Å². The molecule has 9 heteroatoms. The van der Waals surface area contributed by atoms with Gasteiger partial charge in [0.05, 0.1) is 12.3 Å². The molecule has 0 saturated heterocycles. The Morgan fingerprint density at radius 2 is 1.77 bits per heavy atom. The van der Waals surface area contributed by atoms with E-state index in [1.165, 1.54) is 5.56 Å². The molecule has 2 heterocycles. The molecule has 39 heavy (non-hydrogen) atoms. The zero-order valence-corrected chi connectivity index (χ0v) is 22.2. The molecule has 0 radical (unpaired) electrons. The van der Waals surface area contributed by atoms with Crippen LogP contribution in [-0.4, -0.2) is 47.3 Å². The Kier molecular flexibility index (Phi) is 8.38. The Labute approximate surface area is 227 Å². The molecular weight excluding hydrogens is 496 g/mol. The number of hydrogen-bond acceptors (Lipinski definition) is 7. The van der Waals surface area contributed by atoms with E-state index in [1.807, 2.05) is 73.7 Å². The van der Waals surface area contributed by atoms with Crippen LogP contribution in [-0.2, 0) is 11.2 Å². The number of rotatable bonds is 12. The van der Waals surface area contributed by atoms with E-state index >= 15 is 0 Å². The number of anilines is 1. The zero-order chi connectivity index (χ0) is 27.0. The number of fused-ring (bicyclic) bond motifs is 1. The molecule has 5 rings (SSSR count). The van der Waals surface area contributed by atoms with Gasteiger partial charge in [-0.05, 0) is 79.9 Å². The minimum atomic E-state index is -0.156. The number of carbonyl (C=O) groups is 1. The van der Waals surface area contributed by atoms with Crippen LogP contribution in [0.5, 0.6) is 17.5 Å². The van der Waals surface area contributed by atoms with E-state index in [-0.39, 0.29) is 18.7 Å². The van der Waals surface area contributed by atoms with Crippen molar-refractivity contribution in [3.8, 4) is 34.6 Å². The maximum atomic E-state index is 12.8. The Morgan fingerprint density at radius 3 is 2.54 bits per heavy atom. The summed E-state index contributed by atoms with van der Waals surface area (Å²) >= 11 is 0. The van der Waals surface area contributed by atoms with Crippen molar-refractivity contribution in [3.63, 3.8) is 0 Å². The fourth-order valence-electron chi connectivity index (χ4n) is 4.19. The van der Waals surface area contributed by atoms with Crippen LogP contribution in [0.2, 0.25) is 0 Å². The first-order valence-corrected chi connectivity index (χ1v) is 13.2. The molecule has 1 N–H and O–H groups in total. The second-order valence-electron chi connectivity index (χ2n) is 9.04. The largest absolute Gasteiger partial charge is 0.460 e. The highest BCUT2D eigenvalue weighted by molar-refractivity contribution is 6.04. The molecule has 0 unspecified atom stereocenters. The van der Waals surface area contributed by atoms with Crippen molar-refractivity contribution in [2.45, 2.75) is 33.1 Å². The van der Waals surface area contributed by atoms with Crippen molar-refractivity contribution in [1.29, 1.82) is 0 Å². The molecule has 1 amide bonds. The third kappa shape index (κ3) is 6.38. The maximum absolute atomic E-state index is 12.8. The molecular formula is C30H32N4O5. The predicted molar refractivity (Wildman–Crippen MR) is 148 cm³/mol. The van der Waals surface area contributed by atoms with Gasteiger partial charge >= 0.3 is 6.01 Å². The molecule has 1 aromatic heterocycles. The standard InChI is InChI=1S/C30H32N4O5/c1-3-5-6-21-7-9-22(10-8-21)29(35)31-24-12-14-25(15-13-24)34-28(32-30(33-34)37-18-17-36-4-2)23-11-16-26-27(19-23)39-20-38-26/h7-16,19H,3-6,17-18,20H2,1-2H3,(H,31,35). The van der Waals surface area contributed by atoms with Gasteiger partial charge in [-0.2, -0.15) is 4.98 Å². The number of benzene rings is 3. The molecule has 1 aliphatic heterocycles. The van der Waals surface area contributed by atoms with E-state index in [1.54, 1.807) is 4.68 Å². The van der Waals surface area contributed by atoms with Gasteiger partial charge in [0.2, 0.25) is 6.79 Å². The minimum Gasteiger partial charge on any atom is -0.460 e. The molecule has 9 nitrogen and oxygen atoms in total. The van der Waals surface area contributed by atoms with Crippen molar-refractivity contribution in [2.75, 3.05) is 31.9 Å². The monoisotopic (exact) mass is 528 g/mol. The second kappa shape index (κ2) is 12.4. The van der Waals surface area contributed by atoms with E-state index < -0.39 is 0 Å². The number of aromatic nitrogens is 3. The maximum Gasteiger partial charge on any atom is 0.336 e. The lowest BCUT2D eigenvalue weighted by molar-refractivity contribution is 0.102. The highest BCUT2D eigenvalue weighted by Gasteiger charge is 2.19. The summed E-state index contributed by atoms with van der Waals surface area (Å²) in [6.45, 7) is 5.68. The van der Waals surface area contributed by atoms with Gasteiger partial charge in [-0.3, -0.25) is 4.79 Å². The van der Waals surface area contributed by atoms with E-state index in [0.29, 0.717) is 48.4 Å². The van der Waals surface area contributed by atoms with Gasteiger partial charge in [-0.25, -0.2) is 4.68 Å². The quantitative estimate of drug-likeness (QED) is 0.237. The number of ether oxygens (including phenoxy) is 4. The Bertz CT molecular complexity index is 1400. The third-order valence-corrected chi connectivity index (χ3v) is 6.29. The van der Waals surface area contributed by atoms with Gasteiger partial charge in [-0.1, -0.05) is 25.5 Å². The molecule has 0 atom stereocenters. The molecule has 0 saturated carbocycles. The highest BCUT2D eigenvalue weighted by atomic mass is 16.7. The topological polar surface area (TPSA) is 96.7 Å². The molecule has 3 aromatic carbocycles. The summed E-state index contributed by atoms with van der Waals surface area (Å²) in [7, 11) is 0. The summed E-state index contributed by atoms with van der Waals surface area (Å²) in [5.41, 5.74) is 4.09. The summed E-state index contributed by atoms with van der Waals surface area (Å²) < 4.78 is 23.8. The average molecular weight is 529 g/mol. The molecule has 202 valence electrons. The van der Waals surface area contributed by atoms with Crippen molar-refractivity contribution < 1.29 is 23.7 Å². The Hall–Kier alpha value is -4.37. The summed E-state index contributed by atoms with van der Waals surface area (Å²) in [6, 6.07) is 21.1. The Balaban J connectivity index is 1.34. The van der Waals surface area contributed by atoms with Crippen molar-refractivity contribution in [1.82, 2.24) is 14.8 Å². The third-order valence-electron chi connectivity index (χ3n) is 6.29. The molecule has 0 spiro atoms. The first-order chi connectivity index (χ1) is 19.1. The number of carbonyl (C=O) groups excluding carboxylic acids is 1. The lowest BCUT2D eigenvalue weighted by Crippen LogP contribution is -2.12. The first-order valence-electron chi connectivity index (χ1n) is 13.2. The van der Waals surface area contributed by atoms with Crippen LogP contribution < -0.4 is 19.5 Å². The minimum absolute atomic E-state index is 0.156. The predicted octanol–water partition coefficient (Wildman–Crippen LogP) is 5.67. The summed E-state index contributed by atoms with van der Waals surface area (Å²) in [5.74, 6) is 1.77. The van der Waals surface area contributed by atoms with Crippen molar-refractivity contribution in [3.05, 3.63) is 77.9 Å². The van der Waals surface area contributed by atoms with Crippen LogP contribution in [0.25, 0.3) is 17.1 Å². The normalized spacial score (nSPS) is 11.9. The zero-order valence-electron chi connectivity index (χ0n) is 22.2. The van der Waals surface area contributed by atoms with Crippen LogP contribution in [0.15, 0.2) is 66.7 Å². The SMILES string of the molecule is CCCCc1ccc(C(=O)Nc2ccc(-n3nc(OCCOCC)nc3-c3ccc4c(c3)OCO4)cc2)cc1. The van der Waals surface area contributed by atoms with Crippen molar-refractivity contribution in [2.24, 2.45) is 0 Å². The number of nitrogens with one attached hydrogen (secondary N) is 1. The number of aryl methyl sites for hydroxylation is 1. The molecule has 4 aromatic rings. The Morgan fingerprint density at radius 1 is 0.974 bits per heavy atom. The molecule has 0 bridgehead atoms. The van der Waals surface area contributed by atoms with Gasteiger partial charge in [-0.15, -0.1) is 5.10 Å². The van der Waals surface area contributed by atoms with Gasteiger partial charge in [0, 0.05) is 23.4 Å². The molecule has 0 aliphatic carbocycles. The number of amides is 1. The summed E-state index contributed by atoms with van der Waals surface area (Å²) in [6.07, 6.45) is 3.31. The summed E-state index contributed by atoms with van der Waals surface area (Å²) in [4.78, 5) is 17.4. The highest BCUT2D eigenvalue weighted by Crippen LogP contribution is 2.36. The lowest BCUT2D eigenvalue weighted by Gasteiger charge is -2.09. The van der Waals surface area contributed by atoms with Crippen LogP contribution in [0.3, 0.4) is 0 Å². The van der Waals surface area contributed by atoms with E-state index in [4.69, 9.17) is 18.9 Å². The van der Waals surface area contributed by atoms with Crippen LogP contribution in [0.1, 0.15) is 42.6 Å². The van der Waals surface area contributed by atoms with Crippen LogP contribution >= 0.6 is 0 Å². The average Bonchev–Trinajstić information content (AvgIpc) is 3.62. The van der Waals surface area contributed by atoms with Crippen LogP contribution in [0, 0.1) is 0 Å². The summed E-state index contributed by atoms with van der Waals surface area (Å²) in [5, 5.41) is 7.55. The fourth-order valence-corrected chi connectivity index (χ4v) is 4.19. The van der Waals surface area contributed by atoms with Gasteiger partial charge in [0.1, 0.15) is 6.61 Å². The molecule has 0 fully saturated rings. The number of hydrogen-bond donors (Lipinski definition) is 1. The van der Waals surface area contributed by atoms with Gasteiger partial charge in [0.25, 0.3) is 5.91 Å².